The van der Waals surface area contributed by atoms with Gasteiger partial charge in [-0.05, 0) is 199 Å². The Labute approximate surface area is 802 Å². The fourth-order valence-corrected chi connectivity index (χ4v) is 14.2. The Morgan fingerprint density at radius 1 is 0.303 bits per heavy atom. The highest BCUT2D eigenvalue weighted by Crippen LogP contribution is 2.36. The number of amides is 5. The molecule has 0 aliphatic heterocycles. The summed E-state index contributed by atoms with van der Waals surface area (Å²) in [6, 6.07) is 73.1. The molecule has 142 heavy (non-hydrogen) atoms. The number of nitrogens with one attached hydrogen (secondary N) is 15. The van der Waals surface area contributed by atoms with Gasteiger partial charge in [-0.25, -0.2) is 57.7 Å². The first-order chi connectivity index (χ1) is 68.6. The number of hydrogen-bond acceptors (Lipinski definition) is 21. The van der Waals surface area contributed by atoms with Crippen molar-refractivity contribution in [3.8, 4) is 63.2 Å². The highest BCUT2D eigenvalue weighted by Gasteiger charge is 2.31. The van der Waals surface area contributed by atoms with Crippen molar-refractivity contribution < 1.29 is 74.3 Å². The van der Waals surface area contributed by atoms with Crippen LogP contribution in [-0.4, -0.2) is 111 Å². The van der Waals surface area contributed by atoms with E-state index in [0.29, 0.717) is 159 Å². The second-order valence-electron chi connectivity index (χ2n) is 30.5. The Bertz CT molecular complexity index is 8280. The van der Waals surface area contributed by atoms with Crippen molar-refractivity contribution in [3.05, 3.63) is 406 Å². The quantitative estimate of drug-likeness (QED) is 0.0250. The minimum absolute atomic E-state index is 0.0874. The summed E-state index contributed by atoms with van der Waals surface area (Å²) in [5.74, 6) is 2.56. The molecule has 0 bridgehead atoms. The van der Waals surface area contributed by atoms with Crippen molar-refractivity contribution in [2.24, 2.45) is 0 Å². The van der Waals surface area contributed by atoms with E-state index in [4.69, 9.17) is 28.4 Å². The standard InChI is InChI=1S/C21H18N4O4.C20H13F3N4O3.C20H14F2N4O3.C20H16N4O3.C19H13BrN4O3/c1-28-16-4-2-3-13(11-16)12-18(26)23-14-5-7-15(8-6-14)29-17-9-10-22-20-19(17)24-21(27)25-20;21-20(22,23)12-3-1-2-11(10-12)18(28)25-13-4-6-14(7-5-13)30-15-8-9-24-17-16(15)26-19(29)27-17;21-12-7-11(8-13(22)10-12)9-17(27)24-14-1-3-15(4-2-14)29-16-5-6-23-19-18(16)25-20(28)26-19;25-17(12-13-4-2-1-3-5-13)22-14-6-8-15(9-7-14)27-16-10-11-21-19-18(16)23-20(26)24-19;20-12-3-1-2-11(10-12)18(25)22-13-4-6-14(7-5-13)27-15-8-9-21-17-16(15)23-19(26)24-17/h2-11H,12H2,1H3,(H,23,26)(H2,22,24,25,27);1-10H,(H,25,28)(H2,24,26,27,29);1-8,10H,9H2,(H,24,27)(H2,23,25,26,28);1-11H,12H2,(H,22,25)(H2,21,23,24,26);1-10H,(H,22,25)(H2,21,23,24,26). The van der Waals surface area contributed by atoms with Crippen LogP contribution in [0.4, 0.5) is 50.4 Å². The van der Waals surface area contributed by atoms with Gasteiger partial charge in [0.05, 0.1) is 31.9 Å². The zero-order valence-corrected chi connectivity index (χ0v) is 75.1. The van der Waals surface area contributed by atoms with Crippen LogP contribution in [0.25, 0.3) is 55.8 Å². The van der Waals surface area contributed by atoms with Crippen LogP contribution in [0, 0.1) is 11.6 Å². The van der Waals surface area contributed by atoms with Gasteiger partial charge in [0.15, 0.2) is 57.0 Å². The Morgan fingerprint density at radius 3 is 0.923 bits per heavy atom. The van der Waals surface area contributed by atoms with Crippen LogP contribution in [0.5, 0.6) is 63.2 Å². The number of pyridine rings is 5. The van der Waals surface area contributed by atoms with Crippen molar-refractivity contribution in [1.29, 1.82) is 0 Å². The summed E-state index contributed by atoms with van der Waals surface area (Å²) in [5.41, 5.74) is 6.96. The van der Waals surface area contributed by atoms with Gasteiger partial charge in [-0.2, -0.15) is 13.2 Å². The fourth-order valence-electron chi connectivity index (χ4n) is 13.8. The monoisotopic (exact) mass is 1980 g/mol. The first-order valence-electron chi connectivity index (χ1n) is 42.4. The summed E-state index contributed by atoms with van der Waals surface area (Å²) in [6.07, 6.45) is 3.50. The third-order valence-corrected chi connectivity index (χ3v) is 20.7. The largest absolute Gasteiger partial charge is 0.497 e. The molecular formula is C100H74BrF5N20O16. The fraction of sp³-hybridized carbons (Fsp3) is 0.0500. The summed E-state index contributed by atoms with van der Waals surface area (Å²) in [4.78, 5) is 164. The van der Waals surface area contributed by atoms with Crippen molar-refractivity contribution in [1.82, 2.24) is 74.8 Å². The van der Waals surface area contributed by atoms with E-state index >= 15 is 0 Å². The number of benzene rings is 10. The SMILES string of the molecule is COc1cccc(CC(=O)Nc2ccc(Oc3ccnc4[nH]c(=O)[nH]c34)cc2)c1.O=C(Cc1cc(F)cc(F)c1)Nc1ccc(Oc2ccnc3[nH]c(=O)[nH]c23)cc1.O=C(Cc1ccccc1)Nc1ccc(Oc2ccnc3[nH]c(=O)[nH]c23)cc1.O=C(Nc1ccc(Oc2ccnc3[nH]c(=O)[nH]c23)cc1)c1cccc(Br)c1.O=C(Nc1ccc(Oc2ccnc3[nH]c(=O)[nH]c23)cc1)c1cccc(C(F)(F)F)c1. The Balaban J connectivity index is 0.000000128. The van der Waals surface area contributed by atoms with Gasteiger partial charge in [0.25, 0.3) is 11.8 Å². The molecule has 5 amide bonds. The molecule has 0 aliphatic carbocycles. The third kappa shape index (κ3) is 25.8. The number of carbonyl (C=O) groups excluding carboxylic acids is 5. The van der Waals surface area contributed by atoms with Gasteiger partial charge in [-0.15, -0.1) is 0 Å². The maximum Gasteiger partial charge on any atom is 0.416 e. The lowest BCUT2D eigenvalue weighted by molar-refractivity contribution is -0.137. The first kappa shape index (κ1) is 95.7. The second-order valence-corrected chi connectivity index (χ2v) is 31.4. The third-order valence-electron chi connectivity index (χ3n) is 20.2. The molecule has 0 radical (unpaired) electrons. The highest BCUT2D eigenvalue weighted by atomic mass is 79.9. The zero-order valence-electron chi connectivity index (χ0n) is 73.5. The van der Waals surface area contributed by atoms with Crippen LogP contribution in [0.3, 0.4) is 0 Å². The minimum Gasteiger partial charge on any atom is -0.497 e. The number of methoxy groups -OCH3 is 1. The number of aromatic nitrogens is 15. The van der Waals surface area contributed by atoms with Crippen LogP contribution >= 0.6 is 15.9 Å². The Hall–Kier alpha value is -19.4. The summed E-state index contributed by atoms with van der Waals surface area (Å²) in [6.45, 7) is 0. The molecule has 15 N–H and O–H groups in total. The smallest absolute Gasteiger partial charge is 0.416 e. The number of carbonyl (C=O) groups is 5. The average molecular weight is 1990 g/mol. The molecule has 10 aromatic carbocycles. The molecule has 0 atom stereocenters. The first-order valence-corrected chi connectivity index (χ1v) is 43.2. The van der Waals surface area contributed by atoms with Crippen LogP contribution in [0.2, 0.25) is 0 Å². The summed E-state index contributed by atoms with van der Waals surface area (Å²) < 4.78 is 99.8. The van der Waals surface area contributed by atoms with Gasteiger partial charge < -0.3 is 79.9 Å². The number of H-pyrrole nitrogens is 10. The lowest BCUT2D eigenvalue weighted by atomic mass is 10.1. The second kappa shape index (κ2) is 43.9. The summed E-state index contributed by atoms with van der Waals surface area (Å²) >= 11 is 3.35. The van der Waals surface area contributed by atoms with E-state index in [9.17, 15) is 69.9 Å². The molecule has 0 fully saturated rings. The van der Waals surface area contributed by atoms with Gasteiger partial charge in [-0.3, -0.25) is 48.9 Å². The lowest BCUT2D eigenvalue weighted by Crippen LogP contribution is -2.14. The molecular weight excluding hydrogens is 1910 g/mol. The number of halogens is 6. The zero-order chi connectivity index (χ0) is 99.3. The van der Waals surface area contributed by atoms with Crippen LogP contribution in [0.1, 0.15) is 43.0 Å². The van der Waals surface area contributed by atoms with Gasteiger partial charge in [0.2, 0.25) is 17.7 Å². The number of ether oxygens (including phenoxy) is 6. The number of imidazole rings is 5. The van der Waals surface area contributed by atoms with Crippen molar-refractivity contribution >= 4 is 130 Å². The molecule has 0 aliphatic rings. The Kier molecular flexibility index (Phi) is 29.6. The molecule has 712 valence electrons. The lowest BCUT2D eigenvalue weighted by Gasteiger charge is -2.10. The molecule has 0 spiro atoms. The Morgan fingerprint density at radius 2 is 0.599 bits per heavy atom. The topological polar surface area (TPSA) is 509 Å². The maximum absolute atomic E-state index is 13.2. The number of fused-ring (bicyclic) bond motifs is 5. The van der Waals surface area contributed by atoms with Gasteiger partial charge >= 0.3 is 34.6 Å². The molecule has 36 nitrogen and oxygen atoms in total. The van der Waals surface area contributed by atoms with Gasteiger partial charge in [0, 0.05) is 111 Å². The van der Waals surface area contributed by atoms with Crippen molar-refractivity contribution in [3.63, 3.8) is 0 Å². The van der Waals surface area contributed by atoms with E-state index in [0.717, 1.165) is 45.9 Å². The van der Waals surface area contributed by atoms with Gasteiger partial charge in [0.1, 0.15) is 73.7 Å². The van der Waals surface area contributed by atoms with E-state index in [-0.39, 0.29) is 64.4 Å². The predicted molar refractivity (Wildman–Crippen MR) is 520 cm³/mol. The number of aromatic amines is 10. The molecule has 10 aromatic heterocycles. The number of nitrogens with zero attached hydrogens (tertiary/aromatic N) is 5. The average Bonchev–Trinajstić information content (AvgIpc) is 1.65. The molecule has 20 aromatic rings. The van der Waals surface area contributed by atoms with Crippen LogP contribution < -0.4 is 83.5 Å². The number of alkyl halides is 3. The van der Waals surface area contributed by atoms with E-state index in [2.05, 4.69) is 117 Å². The van der Waals surface area contributed by atoms with Crippen molar-refractivity contribution in [2.45, 2.75) is 25.4 Å². The van der Waals surface area contributed by atoms with Crippen LogP contribution in [0.15, 0.2) is 332 Å². The normalized spacial score (nSPS) is 10.9. The van der Waals surface area contributed by atoms with E-state index in [1.165, 1.54) is 24.5 Å². The van der Waals surface area contributed by atoms with E-state index in [1.54, 1.807) is 196 Å². The number of anilines is 5. The molecule has 0 saturated heterocycles. The molecule has 0 unspecified atom stereocenters. The minimum atomic E-state index is -4.53. The van der Waals surface area contributed by atoms with E-state index in [1.807, 2.05) is 60.7 Å². The number of hydrogen-bond donors (Lipinski definition) is 15. The maximum atomic E-state index is 13.2. The predicted octanol–water partition coefficient (Wildman–Crippen LogP) is 18.3. The van der Waals surface area contributed by atoms with Crippen molar-refractivity contribution in [2.75, 3.05) is 33.7 Å². The van der Waals surface area contributed by atoms with Gasteiger partial charge in [-0.1, -0.05) is 70.5 Å². The summed E-state index contributed by atoms with van der Waals surface area (Å²) in [7, 11) is 1.59. The van der Waals surface area contributed by atoms with Crippen LogP contribution in [-0.2, 0) is 39.8 Å². The molecule has 10 heterocycles. The summed E-state index contributed by atoms with van der Waals surface area (Å²) in [5, 5.41) is 13.7. The highest BCUT2D eigenvalue weighted by molar-refractivity contribution is 9.10. The molecule has 0 saturated carbocycles. The number of rotatable bonds is 24. The molecule has 20 rings (SSSR count). The van der Waals surface area contributed by atoms with E-state index < -0.39 is 40.9 Å². The molecule has 42 heteroatoms.